The van der Waals surface area contributed by atoms with Crippen molar-refractivity contribution in [2.45, 2.75) is 13.5 Å². The Morgan fingerprint density at radius 2 is 2.14 bits per heavy atom. The molecule has 110 valence electrons. The number of hydrogen-bond acceptors (Lipinski definition) is 2. The van der Waals surface area contributed by atoms with E-state index >= 15 is 0 Å². The summed E-state index contributed by atoms with van der Waals surface area (Å²) in [5, 5.41) is 10.9. The molecule has 0 aliphatic carbocycles. The van der Waals surface area contributed by atoms with E-state index in [0.29, 0.717) is 21.5 Å². The molecule has 0 atom stereocenters. The first kappa shape index (κ1) is 15.3. The highest BCUT2D eigenvalue weighted by Crippen LogP contribution is 2.25. The van der Waals surface area contributed by atoms with Crippen molar-refractivity contribution in [3.05, 3.63) is 57.8 Å². The molecule has 0 saturated carbocycles. The molecule has 0 aliphatic rings. The van der Waals surface area contributed by atoms with Gasteiger partial charge in [-0.3, -0.25) is 5.32 Å². The predicted octanol–water partition coefficient (Wildman–Crippen LogP) is 4.57. The van der Waals surface area contributed by atoms with Gasteiger partial charge in [-0.15, -0.1) is 0 Å². The zero-order chi connectivity index (χ0) is 15.4. The van der Waals surface area contributed by atoms with Crippen molar-refractivity contribution in [2.24, 2.45) is 0 Å². The number of halogens is 2. The SMILES string of the molecule is Cc1ccc(COc2cccc(NC(=O)O)c2)c(F)c1Br. The number of rotatable bonds is 4. The number of carbonyl (C=O) groups is 1. The maximum absolute atomic E-state index is 14.0. The van der Waals surface area contributed by atoms with E-state index in [9.17, 15) is 9.18 Å². The molecule has 4 nitrogen and oxygen atoms in total. The predicted molar refractivity (Wildman–Crippen MR) is 81.3 cm³/mol. The van der Waals surface area contributed by atoms with Gasteiger partial charge >= 0.3 is 6.09 Å². The molecule has 21 heavy (non-hydrogen) atoms. The monoisotopic (exact) mass is 353 g/mol. The van der Waals surface area contributed by atoms with Gasteiger partial charge in [0.15, 0.2) is 0 Å². The van der Waals surface area contributed by atoms with Crippen LogP contribution in [0.2, 0.25) is 0 Å². The molecule has 2 rings (SSSR count). The van der Waals surface area contributed by atoms with Crippen LogP contribution in [-0.2, 0) is 6.61 Å². The van der Waals surface area contributed by atoms with Gasteiger partial charge in [0.1, 0.15) is 18.2 Å². The summed E-state index contributed by atoms with van der Waals surface area (Å²) in [5.74, 6) is 0.104. The van der Waals surface area contributed by atoms with Gasteiger partial charge in [0, 0.05) is 17.3 Å². The summed E-state index contributed by atoms with van der Waals surface area (Å²) >= 11 is 3.19. The zero-order valence-corrected chi connectivity index (χ0v) is 12.8. The smallest absolute Gasteiger partial charge is 0.409 e. The second kappa shape index (κ2) is 6.58. The lowest BCUT2D eigenvalue weighted by molar-refractivity contribution is 0.209. The summed E-state index contributed by atoms with van der Waals surface area (Å²) in [7, 11) is 0. The molecule has 0 saturated heterocycles. The number of ether oxygens (including phenoxy) is 1. The van der Waals surface area contributed by atoms with E-state index in [-0.39, 0.29) is 12.4 Å². The number of benzene rings is 2. The molecule has 1 amide bonds. The van der Waals surface area contributed by atoms with Crippen molar-refractivity contribution in [2.75, 3.05) is 5.32 Å². The average Bonchev–Trinajstić information content (AvgIpc) is 2.44. The lowest BCUT2D eigenvalue weighted by Gasteiger charge is -2.10. The number of carboxylic acid groups (broad SMARTS) is 1. The van der Waals surface area contributed by atoms with Gasteiger partial charge in [0.2, 0.25) is 0 Å². The van der Waals surface area contributed by atoms with Crippen LogP contribution in [0.3, 0.4) is 0 Å². The summed E-state index contributed by atoms with van der Waals surface area (Å²) in [5.41, 5.74) is 1.62. The Hall–Kier alpha value is -2.08. The van der Waals surface area contributed by atoms with E-state index in [2.05, 4.69) is 21.2 Å². The molecular formula is C15H13BrFNO3. The summed E-state index contributed by atoms with van der Waals surface area (Å²) in [6.07, 6.45) is -1.15. The maximum Gasteiger partial charge on any atom is 0.409 e. The average molecular weight is 354 g/mol. The molecule has 0 unspecified atom stereocenters. The highest BCUT2D eigenvalue weighted by molar-refractivity contribution is 9.10. The molecule has 0 bridgehead atoms. The first-order chi connectivity index (χ1) is 9.97. The van der Waals surface area contributed by atoms with Crippen LogP contribution >= 0.6 is 15.9 Å². The number of anilines is 1. The molecule has 2 aromatic rings. The number of hydrogen-bond donors (Lipinski definition) is 2. The van der Waals surface area contributed by atoms with Gasteiger partial charge in [0.05, 0.1) is 4.47 Å². The van der Waals surface area contributed by atoms with Crippen LogP contribution in [0.15, 0.2) is 40.9 Å². The van der Waals surface area contributed by atoms with Gasteiger partial charge in [-0.1, -0.05) is 18.2 Å². The first-order valence-electron chi connectivity index (χ1n) is 6.13. The molecule has 0 aliphatic heterocycles. The molecule has 6 heteroatoms. The van der Waals surface area contributed by atoms with Gasteiger partial charge in [-0.05, 0) is 40.5 Å². The minimum atomic E-state index is -1.15. The van der Waals surface area contributed by atoms with E-state index in [1.165, 1.54) is 6.07 Å². The van der Waals surface area contributed by atoms with Crippen molar-refractivity contribution in [1.29, 1.82) is 0 Å². The van der Waals surface area contributed by atoms with E-state index in [4.69, 9.17) is 9.84 Å². The van der Waals surface area contributed by atoms with Gasteiger partial charge in [0.25, 0.3) is 0 Å². The molecule has 0 heterocycles. The van der Waals surface area contributed by atoms with Crippen LogP contribution in [-0.4, -0.2) is 11.2 Å². The van der Waals surface area contributed by atoms with Crippen LogP contribution in [0.5, 0.6) is 5.75 Å². The molecule has 2 N–H and O–H groups in total. The Morgan fingerprint density at radius 1 is 1.38 bits per heavy atom. The van der Waals surface area contributed by atoms with Gasteiger partial charge in [-0.2, -0.15) is 0 Å². The highest BCUT2D eigenvalue weighted by Gasteiger charge is 2.09. The van der Waals surface area contributed by atoms with Crippen LogP contribution in [0.4, 0.5) is 14.9 Å². The molecule has 0 radical (unpaired) electrons. The van der Waals surface area contributed by atoms with E-state index < -0.39 is 6.09 Å². The van der Waals surface area contributed by atoms with Crippen molar-refractivity contribution >= 4 is 27.7 Å². The molecule has 0 aromatic heterocycles. The Morgan fingerprint density at radius 3 is 2.86 bits per heavy atom. The Bertz CT molecular complexity index is 676. The van der Waals surface area contributed by atoms with Crippen LogP contribution in [0, 0.1) is 12.7 Å². The van der Waals surface area contributed by atoms with Crippen LogP contribution < -0.4 is 10.1 Å². The largest absolute Gasteiger partial charge is 0.489 e. The van der Waals surface area contributed by atoms with Crippen molar-refractivity contribution < 1.29 is 19.0 Å². The van der Waals surface area contributed by atoms with E-state index in [1.807, 2.05) is 0 Å². The summed E-state index contributed by atoms with van der Waals surface area (Å²) in [6, 6.07) is 9.93. The molecule has 0 spiro atoms. The first-order valence-corrected chi connectivity index (χ1v) is 6.93. The van der Waals surface area contributed by atoms with Crippen molar-refractivity contribution in [3.8, 4) is 5.75 Å². The third kappa shape index (κ3) is 3.95. The standard InChI is InChI=1S/C15H13BrFNO3/c1-9-5-6-10(14(17)13(9)16)8-21-12-4-2-3-11(7-12)18-15(19)20/h2-7,18H,8H2,1H3,(H,19,20). The van der Waals surface area contributed by atoms with Crippen LogP contribution in [0.1, 0.15) is 11.1 Å². The zero-order valence-electron chi connectivity index (χ0n) is 11.2. The lowest BCUT2D eigenvalue weighted by atomic mass is 10.1. The van der Waals surface area contributed by atoms with Gasteiger partial charge in [-0.25, -0.2) is 9.18 Å². The van der Waals surface area contributed by atoms with Gasteiger partial charge < -0.3 is 9.84 Å². The second-order valence-corrected chi connectivity index (χ2v) is 5.21. The normalized spacial score (nSPS) is 10.2. The quantitative estimate of drug-likeness (QED) is 0.846. The Kier molecular flexibility index (Phi) is 4.80. The lowest BCUT2D eigenvalue weighted by Crippen LogP contribution is -2.07. The second-order valence-electron chi connectivity index (χ2n) is 4.42. The van der Waals surface area contributed by atoms with Crippen molar-refractivity contribution in [1.82, 2.24) is 0 Å². The summed E-state index contributed by atoms with van der Waals surface area (Å²) in [6.45, 7) is 1.86. The van der Waals surface area contributed by atoms with Crippen LogP contribution in [0.25, 0.3) is 0 Å². The number of amides is 1. The Labute approximate surface area is 129 Å². The molecule has 0 fully saturated rings. The molecule has 2 aromatic carbocycles. The third-order valence-corrected chi connectivity index (χ3v) is 3.81. The summed E-state index contributed by atoms with van der Waals surface area (Å²) in [4.78, 5) is 10.6. The maximum atomic E-state index is 14.0. The third-order valence-electron chi connectivity index (χ3n) is 2.84. The summed E-state index contributed by atoms with van der Waals surface area (Å²) < 4.78 is 19.9. The van der Waals surface area contributed by atoms with Crippen molar-refractivity contribution in [3.63, 3.8) is 0 Å². The fraction of sp³-hybridized carbons (Fsp3) is 0.133. The fourth-order valence-electron chi connectivity index (χ4n) is 1.75. The number of aryl methyl sites for hydroxylation is 1. The van der Waals surface area contributed by atoms with E-state index in [0.717, 1.165) is 5.56 Å². The number of nitrogens with one attached hydrogen (secondary N) is 1. The minimum absolute atomic E-state index is 0.0568. The molecular weight excluding hydrogens is 341 g/mol. The topological polar surface area (TPSA) is 58.6 Å². The Balaban J connectivity index is 2.10. The fourth-order valence-corrected chi connectivity index (χ4v) is 2.13. The minimum Gasteiger partial charge on any atom is -0.489 e. The van der Waals surface area contributed by atoms with E-state index in [1.54, 1.807) is 37.3 Å². The highest BCUT2D eigenvalue weighted by atomic mass is 79.9.